The zero-order chi connectivity index (χ0) is 21.8. The average Bonchev–Trinajstić information content (AvgIpc) is 2.79. The second kappa shape index (κ2) is 9.34. The van der Waals surface area contributed by atoms with E-state index in [-0.39, 0.29) is 12.0 Å². The Morgan fingerprint density at radius 3 is 2.74 bits per heavy atom. The van der Waals surface area contributed by atoms with E-state index in [0.717, 1.165) is 33.9 Å². The van der Waals surface area contributed by atoms with Crippen LogP contribution in [0.4, 0.5) is 11.5 Å². The van der Waals surface area contributed by atoms with Gasteiger partial charge in [0.2, 0.25) is 5.91 Å². The van der Waals surface area contributed by atoms with E-state index in [1.54, 1.807) is 12.0 Å². The summed E-state index contributed by atoms with van der Waals surface area (Å²) in [7, 11) is 1.61. The average molecular weight is 483 g/mol. The van der Waals surface area contributed by atoms with Gasteiger partial charge in [0.05, 0.1) is 12.6 Å². The van der Waals surface area contributed by atoms with Crippen LogP contribution in [0.15, 0.2) is 59.9 Å². The first-order valence-corrected chi connectivity index (χ1v) is 10.8. The van der Waals surface area contributed by atoms with Gasteiger partial charge in [-0.05, 0) is 30.3 Å². The molecule has 0 radical (unpaired) electrons. The van der Waals surface area contributed by atoms with Crippen LogP contribution in [0.3, 0.4) is 0 Å². The minimum atomic E-state index is -0.0397. The molecular formula is C23H23BrN4O3. The Morgan fingerprint density at radius 1 is 1.23 bits per heavy atom. The second-order valence-corrected chi connectivity index (χ2v) is 8.14. The summed E-state index contributed by atoms with van der Waals surface area (Å²) < 4.78 is 12.8. The highest BCUT2D eigenvalue weighted by Crippen LogP contribution is 2.36. The highest BCUT2D eigenvalue weighted by atomic mass is 79.9. The first-order chi connectivity index (χ1) is 15.1. The summed E-state index contributed by atoms with van der Waals surface area (Å²) in [6, 6.07) is 11.6. The van der Waals surface area contributed by atoms with Crippen molar-refractivity contribution >= 4 is 44.2 Å². The van der Waals surface area contributed by atoms with Crippen LogP contribution in [-0.2, 0) is 4.79 Å². The van der Waals surface area contributed by atoms with E-state index in [0.29, 0.717) is 30.4 Å². The van der Waals surface area contributed by atoms with Gasteiger partial charge < -0.3 is 19.7 Å². The molecule has 7 nitrogen and oxygen atoms in total. The summed E-state index contributed by atoms with van der Waals surface area (Å²) in [5.41, 5.74) is 1.66. The maximum absolute atomic E-state index is 11.8. The van der Waals surface area contributed by atoms with E-state index in [9.17, 15) is 4.79 Å². The lowest BCUT2D eigenvalue weighted by atomic mass is 10.1. The maximum Gasteiger partial charge on any atom is 0.245 e. The Morgan fingerprint density at radius 2 is 2.03 bits per heavy atom. The molecule has 0 aliphatic carbocycles. The first-order valence-electron chi connectivity index (χ1n) is 10.0. The number of nitrogens with zero attached hydrogens (tertiary/aromatic N) is 3. The molecule has 1 aliphatic rings. The van der Waals surface area contributed by atoms with E-state index < -0.39 is 0 Å². The van der Waals surface area contributed by atoms with E-state index in [2.05, 4.69) is 37.8 Å². The molecule has 1 fully saturated rings. The molecule has 3 aromatic rings. The monoisotopic (exact) mass is 482 g/mol. The summed E-state index contributed by atoms with van der Waals surface area (Å²) in [6.07, 6.45) is 4.36. The van der Waals surface area contributed by atoms with Crippen molar-refractivity contribution in [2.75, 3.05) is 25.5 Å². The highest BCUT2D eigenvalue weighted by molar-refractivity contribution is 9.10. The number of ether oxygens (including phenoxy) is 2. The quantitative estimate of drug-likeness (QED) is 0.513. The normalized spacial score (nSPS) is 14.3. The van der Waals surface area contributed by atoms with Crippen molar-refractivity contribution in [2.24, 2.45) is 0 Å². The number of benzene rings is 2. The van der Waals surface area contributed by atoms with E-state index in [1.165, 1.54) is 12.4 Å². The third-order valence-electron chi connectivity index (χ3n) is 5.23. The van der Waals surface area contributed by atoms with Crippen LogP contribution in [0.2, 0.25) is 0 Å². The molecule has 0 atom stereocenters. The third kappa shape index (κ3) is 4.80. The fourth-order valence-corrected chi connectivity index (χ4v) is 4.02. The van der Waals surface area contributed by atoms with Crippen molar-refractivity contribution in [3.63, 3.8) is 0 Å². The number of aromatic nitrogens is 2. The van der Waals surface area contributed by atoms with Gasteiger partial charge in [-0.15, -0.1) is 0 Å². The molecule has 1 N–H and O–H groups in total. The van der Waals surface area contributed by atoms with Crippen LogP contribution in [-0.4, -0.2) is 47.1 Å². The predicted molar refractivity (Wildman–Crippen MR) is 124 cm³/mol. The summed E-state index contributed by atoms with van der Waals surface area (Å²) in [6.45, 7) is 4.84. The number of amides is 1. The Hall–Kier alpha value is -3.13. The SMILES string of the molecule is C=CC(=O)N1CCC(Oc2cc3c(Nc4cccc(Br)c4)ncnc3cc2OC)CC1. The number of fused-ring (bicyclic) bond motifs is 1. The lowest BCUT2D eigenvalue weighted by Crippen LogP contribution is -2.41. The number of nitrogens with one attached hydrogen (secondary N) is 1. The molecule has 0 saturated carbocycles. The highest BCUT2D eigenvalue weighted by Gasteiger charge is 2.24. The van der Waals surface area contributed by atoms with E-state index in [4.69, 9.17) is 9.47 Å². The van der Waals surface area contributed by atoms with Gasteiger partial charge >= 0.3 is 0 Å². The minimum Gasteiger partial charge on any atom is -0.493 e. The molecule has 8 heteroatoms. The van der Waals surface area contributed by atoms with Crippen molar-refractivity contribution < 1.29 is 14.3 Å². The molecular weight excluding hydrogens is 460 g/mol. The number of rotatable bonds is 6. The van der Waals surface area contributed by atoms with Gasteiger partial charge in [0.25, 0.3) is 0 Å². The topological polar surface area (TPSA) is 76.6 Å². The lowest BCUT2D eigenvalue weighted by Gasteiger charge is -2.31. The fourth-order valence-electron chi connectivity index (χ4n) is 3.62. The zero-order valence-corrected chi connectivity index (χ0v) is 18.8. The molecule has 31 heavy (non-hydrogen) atoms. The number of carbonyl (C=O) groups is 1. The molecule has 0 unspecified atom stereocenters. The first kappa shape index (κ1) is 21.1. The number of piperidine rings is 1. The predicted octanol–water partition coefficient (Wildman–Crippen LogP) is 4.70. The molecule has 1 amide bonds. The van der Waals surface area contributed by atoms with Crippen molar-refractivity contribution in [1.29, 1.82) is 0 Å². The molecule has 1 aromatic heterocycles. The second-order valence-electron chi connectivity index (χ2n) is 7.22. The van der Waals surface area contributed by atoms with E-state index >= 15 is 0 Å². The number of methoxy groups -OCH3 is 1. The van der Waals surface area contributed by atoms with Gasteiger partial charge in [-0.1, -0.05) is 28.6 Å². The van der Waals surface area contributed by atoms with Gasteiger partial charge in [-0.25, -0.2) is 9.97 Å². The molecule has 4 rings (SSSR count). The van der Waals surface area contributed by atoms with Crippen molar-refractivity contribution in [3.8, 4) is 11.5 Å². The smallest absolute Gasteiger partial charge is 0.245 e. The summed E-state index contributed by atoms with van der Waals surface area (Å²) >= 11 is 3.49. The van der Waals surface area contributed by atoms with Gasteiger partial charge in [0.15, 0.2) is 11.5 Å². The minimum absolute atomic E-state index is 0.00802. The molecule has 0 spiro atoms. The zero-order valence-electron chi connectivity index (χ0n) is 17.2. The van der Waals surface area contributed by atoms with Crippen LogP contribution in [0.5, 0.6) is 11.5 Å². The number of hydrogen-bond acceptors (Lipinski definition) is 6. The van der Waals surface area contributed by atoms with Crippen molar-refractivity contribution in [2.45, 2.75) is 18.9 Å². The number of halogens is 1. The fraction of sp³-hybridized carbons (Fsp3) is 0.261. The van der Waals surface area contributed by atoms with Crippen LogP contribution in [0, 0.1) is 0 Å². The van der Waals surface area contributed by atoms with Gasteiger partial charge in [-0.3, -0.25) is 4.79 Å². The largest absolute Gasteiger partial charge is 0.493 e. The number of carbonyl (C=O) groups excluding carboxylic acids is 1. The standard InChI is InChI=1S/C23H23BrN4O3/c1-3-22(29)28-9-7-17(8-10-28)31-21-12-18-19(13-20(21)30-2)25-14-26-23(18)27-16-6-4-5-15(24)11-16/h3-6,11-14,17H,1,7-10H2,2H3,(H,25,26,27). The Balaban J connectivity index is 1.60. The van der Waals surface area contributed by atoms with Gasteiger partial charge in [0.1, 0.15) is 18.2 Å². The molecule has 160 valence electrons. The molecule has 2 heterocycles. The Bertz CT molecular complexity index is 1110. The molecule has 1 saturated heterocycles. The van der Waals surface area contributed by atoms with Crippen LogP contribution >= 0.6 is 15.9 Å². The molecule has 1 aliphatic heterocycles. The Kier molecular flexibility index (Phi) is 6.36. The number of likely N-dealkylation sites (tertiary alicyclic amines) is 1. The molecule has 0 bridgehead atoms. The van der Waals surface area contributed by atoms with Crippen LogP contribution in [0.1, 0.15) is 12.8 Å². The number of anilines is 2. The van der Waals surface area contributed by atoms with Crippen molar-refractivity contribution in [1.82, 2.24) is 14.9 Å². The third-order valence-corrected chi connectivity index (χ3v) is 5.72. The molecule has 2 aromatic carbocycles. The van der Waals surface area contributed by atoms with Crippen LogP contribution in [0.25, 0.3) is 10.9 Å². The van der Waals surface area contributed by atoms with E-state index in [1.807, 2.05) is 36.4 Å². The number of hydrogen-bond donors (Lipinski definition) is 1. The van der Waals surface area contributed by atoms with Gasteiger partial charge in [0, 0.05) is 47.5 Å². The summed E-state index contributed by atoms with van der Waals surface area (Å²) in [5.74, 6) is 1.89. The maximum atomic E-state index is 11.8. The Labute approximate surface area is 189 Å². The lowest BCUT2D eigenvalue weighted by molar-refractivity contribution is -0.127. The van der Waals surface area contributed by atoms with Crippen molar-refractivity contribution in [3.05, 3.63) is 59.9 Å². The summed E-state index contributed by atoms with van der Waals surface area (Å²) in [4.78, 5) is 22.4. The summed E-state index contributed by atoms with van der Waals surface area (Å²) in [5, 5.41) is 4.18. The van der Waals surface area contributed by atoms with Crippen LogP contribution < -0.4 is 14.8 Å². The van der Waals surface area contributed by atoms with Gasteiger partial charge in [-0.2, -0.15) is 0 Å².